The maximum absolute atomic E-state index is 10.2. The fourth-order valence-electron chi connectivity index (χ4n) is 1.61. The first-order valence-electron chi connectivity index (χ1n) is 5.98. The van der Waals surface area contributed by atoms with Gasteiger partial charge in [0, 0.05) is 12.4 Å². The van der Waals surface area contributed by atoms with E-state index >= 15 is 0 Å². The summed E-state index contributed by atoms with van der Waals surface area (Å²) in [6.07, 6.45) is 0.203. The zero-order chi connectivity index (χ0) is 14.0. The molecule has 0 radical (unpaired) electrons. The van der Waals surface area contributed by atoms with E-state index in [0.717, 1.165) is 0 Å². The first-order chi connectivity index (χ1) is 8.49. The Balaban J connectivity index is 0. The Bertz CT molecular complexity index is 227. The molecule has 108 valence electrons. The second kappa shape index (κ2) is 13.9. The van der Waals surface area contributed by atoms with Crippen molar-refractivity contribution in [3.63, 3.8) is 0 Å². The minimum absolute atomic E-state index is 0. The number of aliphatic hydroxyl groups is 1. The number of carboxylic acid groups (broad SMARTS) is 1. The van der Waals surface area contributed by atoms with Crippen molar-refractivity contribution in [2.24, 2.45) is 0 Å². The number of carbonyl (C=O) groups is 1. The molecule has 3 unspecified atom stereocenters. The Morgan fingerprint density at radius 2 is 1.79 bits per heavy atom. The van der Waals surface area contributed by atoms with Crippen LogP contribution in [-0.2, 0) is 14.6 Å². The van der Waals surface area contributed by atoms with Crippen LogP contribution in [0.5, 0.6) is 0 Å². The third-order valence-corrected chi connectivity index (χ3v) is 2.69. The molecule has 0 aliphatic rings. The van der Waals surface area contributed by atoms with Crippen LogP contribution < -0.4 is 56.5 Å². The average molecular weight is 304 g/mol. The Hall–Kier alpha value is 0.906. The van der Waals surface area contributed by atoms with Crippen LogP contribution in [0.3, 0.4) is 0 Å². The number of aliphatic carboxylic acids is 1. The summed E-state index contributed by atoms with van der Waals surface area (Å²) in [5, 5.41) is 36.5. The summed E-state index contributed by atoms with van der Waals surface area (Å²) in [6.45, 7) is 1.71. The third-order valence-electron chi connectivity index (χ3n) is 2.69. The number of carbonyl (C=O) groups excluding carboxylic acids is 1. The van der Waals surface area contributed by atoms with E-state index < -0.39 is 24.6 Å². The molecule has 0 fully saturated rings. The molecule has 0 spiro atoms. The molecule has 0 aliphatic carbocycles. The smallest absolute Gasteiger partial charge is 0.550 e. The fraction of sp³-hybridized carbons (Fsp3) is 0.909. The van der Waals surface area contributed by atoms with Gasteiger partial charge in [0.05, 0.1) is 18.3 Å². The van der Waals surface area contributed by atoms with Gasteiger partial charge >= 0.3 is 51.4 Å². The maximum Gasteiger partial charge on any atom is 1.00 e. The summed E-state index contributed by atoms with van der Waals surface area (Å²) < 4.78 is 0. The van der Waals surface area contributed by atoms with Gasteiger partial charge in [-0.25, -0.2) is 9.78 Å². The van der Waals surface area contributed by atoms with Crippen molar-refractivity contribution in [1.82, 2.24) is 0 Å². The standard InChI is InChI=1S/C11H22O7.K/c1-8(17-15)3-2-4-10(18-16)6-5-9(12)7-11(13)14;/h8-10,12,15-16H,2-7H2,1H3,(H,13,14);/q;+1/p-1. The molecule has 19 heavy (non-hydrogen) atoms. The molecule has 0 bridgehead atoms. The van der Waals surface area contributed by atoms with Crippen molar-refractivity contribution in [3.8, 4) is 0 Å². The van der Waals surface area contributed by atoms with E-state index in [1.807, 2.05) is 0 Å². The van der Waals surface area contributed by atoms with Crippen LogP contribution in [0.4, 0.5) is 0 Å². The third kappa shape index (κ3) is 13.6. The summed E-state index contributed by atoms with van der Waals surface area (Å²) in [5.41, 5.74) is 0. The Morgan fingerprint density at radius 1 is 1.16 bits per heavy atom. The monoisotopic (exact) mass is 304 g/mol. The van der Waals surface area contributed by atoms with Crippen LogP contribution in [0.2, 0.25) is 0 Å². The summed E-state index contributed by atoms with van der Waals surface area (Å²) in [6, 6.07) is 0. The van der Waals surface area contributed by atoms with Gasteiger partial charge in [0.25, 0.3) is 0 Å². The van der Waals surface area contributed by atoms with Gasteiger partial charge in [-0.15, -0.1) is 0 Å². The van der Waals surface area contributed by atoms with Crippen molar-refractivity contribution in [3.05, 3.63) is 0 Å². The van der Waals surface area contributed by atoms with E-state index in [2.05, 4.69) is 9.78 Å². The minimum Gasteiger partial charge on any atom is -0.550 e. The molecule has 8 heteroatoms. The van der Waals surface area contributed by atoms with Crippen molar-refractivity contribution < 1.29 is 86.7 Å². The van der Waals surface area contributed by atoms with Crippen molar-refractivity contribution in [2.75, 3.05) is 0 Å². The van der Waals surface area contributed by atoms with Gasteiger partial charge in [-0.05, 0) is 39.0 Å². The molecule has 0 heterocycles. The number of hydrogen-bond acceptors (Lipinski definition) is 7. The summed E-state index contributed by atoms with van der Waals surface area (Å²) >= 11 is 0. The second-order valence-corrected chi connectivity index (χ2v) is 4.38. The second-order valence-electron chi connectivity index (χ2n) is 4.38. The van der Waals surface area contributed by atoms with E-state index in [4.69, 9.17) is 10.5 Å². The molecule has 0 saturated carbocycles. The number of carboxylic acids is 1. The van der Waals surface area contributed by atoms with Crippen LogP contribution in [0.15, 0.2) is 0 Å². The predicted molar refractivity (Wildman–Crippen MR) is 59.4 cm³/mol. The quantitative estimate of drug-likeness (QED) is 0.214. The zero-order valence-electron chi connectivity index (χ0n) is 11.4. The van der Waals surface area contributed by atoms with E-state index in [1.165, 1.54) is 0 Å². The van der Waals surface area contributed by atoms with Gasteiger partial charge < -0.3 is 15.0 Å². The van der Waals surface area contributed by atoms with Crippen LogP contribution in [0.1, 0.15) is 45.4 Å². The normalized spacial score (nSPS) is 15.4. The Kier molecular flexibility index (Phi) is 16.2. The molecule has 0 saturated heterocycles. The summed E-state index contributed by atoms with van der Waals surface area (Å²) in [5.74, 6) is -1.31. The summed E-state index contributed by atoms with van der Waals surface area (Å²) in [4.78, 5) is 18.6. The first-order valence-corrected chi connectivity index (χ1v) is 5.98. The molecule has 7 nitrogen and oxygen atoms in total. The van der Waals surface area contributed by atoms with E-state index in [1.54, 1.807) is 6.92 Å². The SMILES string of the molecule is CC(CCCC(CCC(O)CC(=O)[O-])OO)OO.[K+]. The number of aliphatic hydroxyl groups excluding tert-OH is 1. The maximum atomic E-state index is 10.2. The fourth-order valence-corrected chi connectivity index (χ4v) is 1.61. The minimum atomic E-state index is -1.31. The molecule has 0 aromatic carbocycles. The molecule has 3 atom stereocenters. The van der Waals surface area contributed by atoms with Gasteiger partial charge in [-0.1, -0.05) is 0 Å². The Morgan fingerprint density at radius 3 is 2.26 bits per heavy atom. The van der Waals surface area contributed by atoms with Crippen LogP contribution in [0.25, 0.3) is 0 Å². The van der Waals surface area contributed by atoms with Gasteiger partial charge in [0.15, 0.2) is 0 Å². The molecular formula is C11H21KO7. The largest absolute Gasteiger partial charge is 1.00 e. The topological polar surface area (TPSA) is 119 Å². The molecule has 0 aliphatic heterocycles. The molecule has 3 N–H and O–H groups in total. The van der Waals surface area contributed by atoms with Crippen LogP contribution in [0, 0.1) is 0 Å². The molecule has 0 aromatic rings. The van der Waals surface area contributed by atoms with Crippen LogP contribution >= 0.6 is 0 Å². The first kappa shape index (κ1) is 22.2. The summed E-state index contributed by atoms with van der Waals surface area (Å²) in [7, 11) is 0. The van der Waals surface area contributed by atoms with Gasteiger partial charge in [0.1, 0.15) is 0 Å². The van der Waals surface area contributed by atoms with E-state index in [0.29, 0.717) is 25.7 Å². The Labute approximate surface area is 155 Å². The van der Waals surface area contributed by atoms with E-state index in [-0.39, 0.29) is 63.9 Å². The molecule has 0 aromatic heterocycles. The van der Waals surface area contributed by atoms with Crippen molar-refractivity contribution in [2.45, 2.75) is 63.8 Å². The average Bonchev–Trinajstić information content (AvgIpc) is 2.32. The number of hydrogen-bond donors (Lipinski definition) is 3. The predicted octanol–water partition coefficient (Wildman–Crippen LogP) is -2.82. The molecule has 0 rings (SSSR count). The number of rotatable bonds is 11. The van der Waals surface area contributed by atoms with Gasteiger partial charge in [-0.3, -0.25) is 10.5 Å². The van der Waals surface area contributed by atoms with Crippen LogP contribution in [-0.4, -0.2) is 39.9 Å². The van der Waals surface area contributed by atoms with Crippen molar-refractivity contribution in [1.29, 1.82) is 0 Å². The van der Waals surface area contributed by atoms with E-state index in [9.17, 15) is 15.0 Å². The van der Waals surface area contributed by atoms with Gasteiger partial charge in [0.2, 0.25) is 0 Å². The van der Waals surface area contributed by atoms with Crippen molar-refractivity contribution >= 4 is 5.97 Å². The molecular weight excluding hydrogens is 283 g/mol. The molecule has 0 amide bonds. The zero-order valence-corrected chi connectivity index (χ0v) is 14.6. The van der Waals surface area contributed by atoms with Gasteiger partial charge in [-0.2, -0.15) is 0 Å².